The second-order valence-electron chi connectivity index (χ2n) is 8.07. The number of urea groups is 1. The largest absolute Gasteiger partial charge is 0.336 e. The fourth-order valence-corrected chi connectivity index (χ4v) is 3.82. The topological polar surface area (TPSA) is 66.3 Å². The van der Waals surface area contributed by atoms with Gasteiger partial charge in [-0.3, -0.25) is 9.47 Å². The third-order valence-corrected chi connectivity index (χ3v) is 5.75. The van der Waals surface area contributed by atoms with Crippen molar-refractivity contribution in [3.8, 4) is 5.69 Å². The SMILES string of the molecule is CCC(C)NC(=O)N1CCN(Cc2nc3cccnc3n2-c2cccc(C)c2)CC1. The van der Waals surface area contributed by atoms with Gasteiger partial charge in [-0.2, -0.15) is 0 Å². The van der Waals surface area contributed by atoms with Crippen molar-refractivity contribution in [2.75, 3.05) is 26.2 Å². The van der Waals surface area contributed by atoms with Crippen LogP contribution in [0.2, 0.25) is 0 Å². The van der Waals surface area contributed by atoms with E-state index in [0.717, 1.165) is 61.8 Å². The molecule has 3 aromatic rings. The number of aryl methyl sites for hydroxylation is 1. The van der Waals surface area contributed by atoms with Crippen molar-refractivity contribution in [2.24, 2.45) is 0 Å². The van der Waals surface area contributed by atoms with Gasteiger partial charge in [-0.1, -0.05) is 19.1 Å². The van der Waals surface area contributed by atoms with Crippen LogP contribution in [0.5, 0.6) is 0 Å². The number of hydrogen-bond acceptors (Lipinski definition) is 4. The highest BCUT2D eigenvalue weighted by Gasteiger charge is 2.24. The molecule has 0 spiro atoms. The number of rotatable bonds is 5. The molecule has 1 N–H and O–H groups in total. The summed E-state index contributed by atoms with van der Waals surface area (Å²) in [5, 5.41) is 3.06. The van der Waals surface area contributed by atoms with Crippen molar-refractivity contribution in [3.63, 3.8) is 0 Å². The van der Waals surface area contributed by atoms with Crippen LogP contribution in [0.3, 0.4) is 0 Å². The standard InChI is InChI=1S/C23H30N6O/c1-4-18(3)25-23(30)28-13-11-27(12-14-28)16-21-26-20-9-6-10-24-22(20)29(21)19-8-5-7-17(2)15-19/h5-10,15,18H,4,11-14,16H2,1-3H3,(H,25,30). The van der Waals surface area contributed by atoms with Crippen molar-refractivity contribution >= 4 is 17.2 Å². The molecule has 158 valence electrons. The molecular weight excluding hydrogens is 376 g/mol. The van der Waals surface area contributed by atoms with Gasteiger partial charge in [0.1, 0.15) is 11.3 Å². The van der Waals surface area contributed by atoms with E-state index >= 15 is 0 Å². The van der Waals surface area contributed by atoms with Gasteiger partial charge >= 0.3 is 6.03 Å². The Hall–Kier alpha value is -2.93. The van der Waals surface area contributed by atoms with Crippen molar-refractivity contribution in [2.45, 2.75) is 39.8 Å². The fraction of sp³-hybridized carbons (Fsp3) is 0.435. The van der Waals surface area contributed by atoms with Gasteiger partial charge in [-0.05, 0) is 50.1 Å². The number of nitrogens with one attached hydrogen (secondary N) is 1. The molecule has 2 aromatic heterocycles. The zero-order chi connectivity index (χ0) is 21.1. The lowest BCUT2D eigenvalue weighted by atomic mass is 10.2. The van der Waals surface area contributed by atoms with E-state index in [4.69, 9.17) is 4.98 Å². The molecule has 7 nitrogen and oxygen atoms in total. The summed E-state index contributed by atoms with van der Waals surface area (Å²) in [4.78, 5) is 26.1. The molecule has 1 aliphatic rings. The van der Waals surface area contributed by atoms with Crippen molar-refractivity contribution in [1.82, 2.24) is 29.7 Å². The third-order valence-electron chi connectivity index (χ3n) is 5.75. The summed E-state index contributed by atoms with van der Waals surface area (Å²) in [5.74, 6) is 0.979. The van der Waals surface area contributed by atoms with E-state index in [2.05, 4.69) is 57.9 Å². The lowest BCUT2D eigenvalue weighted by Crippen LogP contribution is -2.52. The summed E-state index contributed by atoms with van der Waals surface area (Å²) in [6.45, 7) is 10.1. The molecule has 30 heavy (non-hydrogen) atoms. The summed E-state index contributed by atoms with van der Waals surface area (Å²) in [6, 6.07) is 12.6. The van der Waals surface area contributed by atoms with Gasteiger partial charge < -0.3 is 10.2 Å². The van der Waals surface area contributed by atoms with Crippen LogP contribution in [-0.2, 0) is 6.54 Å². The van der Waals surface area contributed by atoms with E-state index in [1.165, 1.54) is 5.56 Å². The minimum atomic E-state index is 0.0419. The minimum absolute atomic E-state index is 0.0419. The first kappa shape index (κ1) is 20.3. The number of hydrogen-bond donors (Lipinski definition) is 1. The lowest BCUT2D eigenvalue weighted by molar-refractivity contribution is 0.131. The van der Waals surface area contributed by atoms with Gasteiger partial charge in [0.15, 0.2) is 5.65 Å². The molecule has 1 aliphatic heterocycles. The number of aromatic nitrogens is 3. The molecule has 1 atom stereocenters. The predicted octanol–water partition coefficient (Wildman–Crippen LogP) is 3.35. The molecule has 0 radical (unpaired) electrons. The Morgan fingerprint density at radius 2 is 1.97 bits per heavy atom. The highest BCUT2D eigenvalue weighted by atomic mass is 16.2. The average Bonchev–Trinajstić information content (AvgIpc) is 3.11. The van der Waals surface area contributed by atoms with Gasteiger partial charge in [-0.25, -0.2) is 14.8 Å². The number of benzene rings is 1. The van der Waals surface area contributed by atoms with Crippen molar-refractivity contribution in [1.29, 1.82) is 0 Å². The molecule has 0 aliphatic carbocycles. The van der Waals surface area contributed by atoms with Crippen LogP contribution < -0.4 is 5.32 Å². The molecule has 1 saturated heterocycles. The molecule has 4 rings (SSSR count). The number of pyridine rings is 1. The van der Waals surface area contributed by atoms with E-state index in [1.54, 1.807) is 0 Å². The fourth-order valence-electron chi connectivity index (χ4n) is 3.82. The minimum Gasteiger partial charge on any atom is -0.336 e. The number of piperazine rings is 1. The summed E-state index contributed by atoms with van der Waals surface area (Å²) >= 11 is 0. The van der Waals surface area contributed by atoms with Crippen LogP contribution in [-0.4, -0.2) is 62.6 Å². The maximum atomic E-state index is 12.4. The molecule has 1 fully saturated rings. The maximum Gasteiger partial charge on any atom is 0.317 e. The number of imidazole rings is 1. The van der Waals surface area contributed by atoms with E-state index in [1.807, 2.05) is 30.2 Å². The first-order chi connectivity index (χ1) is 14.5. The van der Waals surface area contributed by atoms with Crippen LogP contribution in [0, 0.1) is 6.92 Å². The molecule has 3 heterocycles. The normalized spacial score (nSPS) is 16.0. The van der Waals surface area contributed by atoms with E-state index in [0.29, 0.717) is 0 Å². The lowest BCUT2D eigenvalue weighted by Gasteiger charge is -2.35. The second kappa shape index (κ2) is 8.83. The monoisotopic (exact) mass is 406 g/mol. The smallest absolute Gasteiger partial charge is 0.317 e. The van der Waals surface area contributed by atoms with Crippen LogP contribution in [0.15, 0.2) is 42.6 Å². The average molecular weight is 407 g/mol. The maximum absolute atomic E-state index is 12.4. The van der Waals surface area contributed by atoms with Crippen LogP contribution in [0.25, 0.3) is 16.9 Å². The second-order valence-corrected chi connectivity index (χ2v) is 8.07. The third kappa shape index (κ3) is 4.31. The predicted molar refractivity (Wildman–Crippen MR) is 119 cm³/mol. The number of amides is 2. The Kier molecular flexibility index (Phi) is 5.99. The molecule has 0 bridgehead atoms. The Bertz CT molecular complexity index is 1020. The molecular formula is C23H30N6O. The Balaban J connectivity index is 1.51. The summed E-state index contributed by atoms with van der Waals surface area (Å²) < 4.78 is 2.16. The van der Waals surface area contributed by atoms with Crippen molar-refractivity contribution in [3.05, 3.63) is 54.0 Å². The summed E-state index contributed by atoms with van der Waals surface area (Å²) in [6.07, 6.45) is 2.75. The Morgan fingerprint density at radius 1 is 1.17 bits per heavy atom. The molecule has 1 aromatic carbocycles. The van der Waals surface area contributed by atoms with Gasteiger partial charge in [0.25, 0.3) is 0 Å². The van der Waals surface area contributed by atoms with E-state index in [-0.39, 0.29) is 12.1 Å². The number of carbonyl (C=O) groups is 1. The number of nitrogens with zero attached hydrogens (tertiary/aromatic N) is 5. The van der Waals surface area contributed by atoms with Gasteiger partial charge in [0.05, 0.1) is 6.54 Å². The van der Waals surface area contributed by atoms with Gasteiger partial charge in [0.2, 0.25) is 0 Å². The van der Waals surface area contributed by atoms with Crippen molar-refractivity contribution < 1.29 is 4.79 Å². The van der Waals surface area contributed by atoms with Crippen LogP contribution >= 0.6 is 0 Å². The molecule has 7 heteroatoms. The van der Waals surface area contributed by atoms with E-state index < -0.39 is 0 Å². The first-order valence-electron chi connectivity index (χ1n) is 10.7. The van der Waals surface area contributed by atoms with E-state index in [9.17, 15) is 4.79 Å². The molecule has 2 amide bonds. The highest BCUT2D eigenvalue weighted by molar-refractivity contribution is 5.75. The number of fused-ring (bicyclic) bond motifs is 1. The van der Waals surface area contributed by atoms with Gasteiger partial charge in [-0.15, -0.1) is 0 Å². The van der Waals surface area contributed by atoms with Crippen LogP contribution in [0.1, 0.15) is 31.7 Å². The summed E-state index contributed by atoms with van der Waals surface area (Å²) in [5.41, 5.74) is 4.07. The molecule has 0 saturated carbocycles. The van der Waals surface area contributed by atoms with Crippen LogP contribution in [0.4, 0.5) is 4.79 Å². The quantitative estimate of drug-likeness (QED) is 0.706. The zero-order valence-electron chi connectivity index (χ0n) is 18.0. The Labute approximate surface area is 177 Å². The molecule has 1 unspecified atom stereocenters. The first-order valence-corrected chi connectivity index (χ1v) is 10.7. The summed E-state index contributed by atoms with van der Waals surface area (Å²) in [7, 11) is 0. The van der Waals surface area contributed by atoms with Gasteiger partial charge in [0, 0.05) is 44.1 Å². The highest BCUT2D eigenvalue weighted by Crippen LogP contribution is 2.22. The Morgan fingerprint density at radius 3 is 2.70 bits per heavy atom. The number of carbonyl (C=O) groups excluding carboxylic acids is 1. The zero-order valence-corrected chi connectivity index (χ0v) is 18.0.